The van der Waals surface area contributed by atoms with Crippen molar-refractivity contribution in [1.29, 1.82) is 0 Å². The first-order chi connectivity index (χ1) is 10.4. The van der Waals surface area contributed by atoms with E-state index < -0.39 is 10.6 Å². The summed E-state index contributed by atoms with van der Waals surface area (Å²) in [5, 5.41) is 2.97. The van der Waals surface area contributed by atoms with Gasteiger partial charge in [-0.2, -0.15) is 4.98 Å². The molecule has 1 N–H and O–H groups in total. The molecule has 1 aromatic carbocycles. The lowest BCUT2D eigenvalue weighted by Gasteiger charge is -2.04. The first-order valence-electron chi connectivity index (χ1n) is 6.35. The van der Waals surface area contributed by atoms with E-state index in [1.807, 2.05) is 45.0 Å². The molecule has 2 aromatic rings. The minimum absolute atomic E-state index is 0.00940. The van der Waals surface area contributed by atoms with Crippen LogP contribution in [-0.2, 0) is 10.6 Å². The Bertz CT molecular complexity index is 686. The first kappa shape index (κ1) is 17.0. The summed E-state index contributed by atoms with van der Waals surface area (Å²) in [6, 6.07) is 7.74. The molecule has 0 amide bonds. The number of aryl methyl sites for hydroxylation is 1. The minimum atomic E-state index is -3.11. The van der Waals surface area contributed by atoms with Gasteiger partial charge in [-0.25, -0.2) is 9.97 Å². The van der Waals surface area contributed by atoms with Gasteiger partial charge in [-0.05, 0) is 36.2 Å². The summed E-state index contributed by atoms with van der Waals surface area (Å²) in [5.41, 5.74) is 1.97. The Morgan fingerprint density at radius 1 is 1.24 bits per heavy atom. The third-order valence-electron chi connectivity index (χ3n) is 1.77. The Labute approximate surface area is 130 Å². The number of hydrogen-bond acceptors (Lipinski definition) is 7. The van der Waals surface area contributed by atoms with Gasteiger partial charge in [-0.1, -0.05) is 26.0 Å². The van der Waals surface area contributed by atoms with Gasteiger partial charge in [0.1, 0.15) is 7.67 Å². The maximum Gasteiger partial charge on any atom is 0.425 e. The smallest absolute Gasteiger partial charge is 0.324 e. The monoisotopic (exact) mass is 332 g/mol. The highest BCUT2D eigenvalue weighted by molar-refractivity contribution is 7.59. The molecule has 0 atom stereocenters. The number of halogens is 1. The highest BCUT2D eigenvalue weighted by Crippen LogP contribution is 2.14. The topological polar surface area (TPSA) is 102 Å². The molecular formula is C12H15ClN4O3S. The predicted octanol–water partition coefficient (Wildman–Crippen LogP) is 2.60. The molecule has 114 valence electrons. The highest BCUT2D eigenvalue weighted by Gasteiger charge is 1.98. The van der Waals surface area contributed by atoms with Crippen molar-refractivity contribution >= 4 is 33.8 Å². The predicted molar refractivity (Wildman–Crippen MR) is 80.3 cm³/mol. The molecule has 0 saturated carbocycles. The van der Waals surface area contributed by atoms with Crippen LogP contribution in [0.2, 0.25) is 5.28 Å². The molecule has 7 nitrogen and oxygen atoms in total. The molecule has 0 bridgehead atoms. The average molecular weight is 333 g/mol. The van der Waals surface area contributed by atoms with Crippen LogP contribution in [0, 0.1) is 6.92 Å². The van der Waals surface area contributed by atoms with E-state index in [0.29, 0.717) is 0 Å². The Morgan fingerprint density at radius 2 is 1.86 bits per heavy atom. The third-order valence-corrected chi connectivity index (χ3v) is 1.94. The number of hydrogen-bond donors (Lipinski definition) is 1. The van der Waals surface area contributed by atoms with Crippen molar-refractivity contribution in [3.63, 3.8) is 0 Å². The Balaban J connectivity index is 0.000000640. The summed E-state index contributed by atoms with van der Waals surface area (Å²) in [4.78, 5) is 11.2. The molecule has 1 aromatic heterocycles. The van der Waals surface area contributed by atoms with Crippen LogP contribution in [0.5, 0.6) is 0 Å². The fourth-order valence-corrected chi connectivity index (χ4v) is 1.28. The van der Waals surface area contributed by atoms with E-state index in [1.54, 1.807) is 0 Å². The van der Waals surface area contributed by atoms with Gasteiger partial charge in [0.15, 0.2) is 0 Å². The molecule has 0 saturated heterocycles. The molecule has 0 radical (unpaired) electrons. The fourth-order valence-electron chi connectivity index (χ4n) is 1.16. The van der Waals surface area contributed by atoms with E-state index in [0.717, 1.165) is 11.3 Å². The average Bonchev–Trinajstić information content (AvgIpc) is 2.39. The van der Waals surface area contributed by atoms with Crippen molar-refractivity contribution in [3.05, 3.63) is 41.4 Å². The van der Waals surface area contributed by atoms with Crippen molar-refractivity contribution in [2.45, 2.75) is 20.8 Å². The Kier molecular flexibility index (Phi) is 8.65. The maximum atomic E-state index is 8.44. The lowest BCUT2D eigenvalue weighted by molar-refractivity contribution is 0.559. The minimum Gasteiger partial charge on any atom is -0.324 e. The molecule has 0 aliphatic carbocycles. The van der Waals surface area contributed by atoms with Gasteiger partial charge in [0.2, 0.25) is 11.2 Å². The van der Waals surface area contributed by atoms with Gasteiger partial charge in [0.05, 0.1) is 0 Å². The Morgan fingerprint density at radius 3 is 2.38 bits per heavy atom. The summed E-state index contributed by atoms with van der Waals surface area (Å²) >= 11 is 5.63. The van der Waals surface area contributed by atoms with E-state index in [1.165, 1.54) is 0 Å². The summed E-state index contributed by atoms with van der Waals surface area (Å²) in [7, 11) is -3.11. The lowest BCUT2D eigenvalue weighted by atomic mass is 10.2. The third kappa shape index (κ3) is 9.47. The van der Waals surface area contributed by atoms with E-state index in [-0.39, 0.29) is 17.5 Å². The number of nitrogens with one attached hydrogen (secondary N) is 1. The van der Waals surface area contributed by atoms with Crippen LogP contribution in [-0.4, -0.2) is 27.6 Å². The van der Waals surface area contributed by atoms with Gasteiger partial charge in [-0.3, -0.25) is 0 Å². The number of anilines is 2. The van der Waals surface area contributed by atoms with Crippen molar-refractivity contribution < 1.29 is 14.0 Å². The summed E-state index contributed by atoms with van der Waals surface area (Å²) < 4.78 is 32.6. The van der Waals surface area contributed by atoms with Crippen molar-refractivity contribution in [2.75, 3.05) is 5.32 Å². The lowest BCUT2D eigenvalue weighted by Crippen LogP contribution is -1.97. The normalized spacial score (nSPS) is 9.24. The zero-order valence-corrected chi connectivity index (χ0v) is 13.2. The second-order valence-electron chi connectivity index (χ2n) is 3.23. The van der Waals surface area contributed by atoms with Crippen LogP contribution in [0.15, 0.2) is 30.6 Å². The standard InChI is InChI=1S/C10H9ClN4.C2H6.O3S/c1-7-3-2-4-8(5-7)14-10-13-6-12-9(11)15-10;1-2;1-4(2)3/h2-6H,1H3,(H,12,13,14,15);1-2H3;/i6T;;. The second kappa shape index (κ2) is 10.7. The number of benzene rings is 1. The number of nitrogens with zero attached hydrogens (tertiary/aromatic N) is 3. The fraction of sp³-hybridized carbons (Fsp3) is 0.250. The molecular weight excluding hydrogens is 316 g/mol. The van der Waals surface area contributed by atoms with Gasteiger partial charge in [0, 0.05) is 5.69 Å². The van der Waals surface area contributed by atoms with Crippen LogP contribution in [0.4, 0.5) is 11.6 Å². The Hall–Kier alpha value is -2.06. The van der Waals surface area contributed by atoms with Crippen LogP contribution in [0.25, 0.3) is 0 Å². The van der Waals surface area contributed by atoms with Gasteiger partial charge in [0.25, 0.3) is 0 Å². The SMILES string of the molecule is CC.O=S(=O)=O.[3H]c1nc(Cl)nc(Nc2cccc(C)c2)n1. The largest absolute Gasteiger partial charge is 0.425 e. The van der Waals surface area contributed by atoms with Crippen LogP contribution in [0.1, 0.15) is 20.8 Å². The first-order valence-corrected chi connectivity index (χ1v) is 7.23. The van der Waals surface area contributed by atoms with Crippen LogP contribution in [0.3, 0.4) is 0 Å². The molecule has 21 heavy (non-hydrogen) atoms. The molecule has 9 heteroatoms. The second-order valence-corrected chi connectivity index (χ2v) is 3.97. The zero-order chi connectivity index (χ0) is 17.1. The molecule has 2 rings (SSSR count). The van der Waals surface area contributed by atoms with Gasteiger partial charge < -0.3 is 5.32 Å². The zero-order valence-electron chi connectivity index (χ0n) is 12.7. The molecule has 0 aliphatic heterocycles. The summed E-state index contributed by atoms with van der Waals surface area (Å²) in [6.07, 6.45) is -0.157. The van der Waals surface area contributed by atoms with E-state index >= 15 is 0 Å². The van der Waals surface area contributed by atoms with Gasteiger partial charge >= 0.3 is 10.6 Å². The van der Waals surface area contributed by atoms with E-state index in [4.69, 9.17) is 25.6 Å². The van der Waals surface area contributed by atoms with E-state index in [9.17, 15) is 0 Å². The molecule has 0 spiro atoms. The van der Waals surface area contributed by atoms with Crippen LogP contribution >= 0.6 is 11.6 Å². The van der Waals surface area contributed by atoms with Crippen molar-refractivity contribution in [3.8, 4) is 0 Å². The number of aromatic nitrogens is 3. The molecule has 0 unspecified atom stereocenters. The molecule has 1 heterocycles. The van der Waals surface area contributed by atoms with Crippen LogP contribution < -0.4 is 5.32 Å². The van der Waals surface area contributed by atoms with Crippen molar-refractivity contribution in [2.24, 2.45) is 0 Å². The number of rotatable bonds is 2. The summed E-state index contributed by atoms with van der Waals surface area (Å²) in [5.74, 6) is 0.274. The molecule has 0 aliphatic rings. The highest BCUT2D eigenvalue weighted by atomic mass is 35.5. The van der Waals surface area contributed by atoms with Gasteiger partial charge in [-0.15, -0.1) is 12.6 Å². The quantitative estimate of drug-likeness (QED) is 0.901. The van der Waals surface area contributed by atoms with E-state index in [2.05, 4.69) is 20.3 Å². The summed E-state index contributed by atoms with van der Waals surface area (Å²) in [6.45, 7) is 5.99. The maximum absolute atomic E-state index is 8.44. The van der Waals surface area contributed by atoms with Crippen molar-refractivity contribution in [1.82, 2.24) is 15.0 Å². The molecule has 0 fully saturated rings.